The summed E-state index contributed by atoms with van der Waals surface area (Å²) in [4.78, 5) is 11.1. The highest BCUT2D eigenvalue weighted by atomic mass is 16.1. The van der Waals surface area contributed by atoms with Crippen molar-refractivity contribution in [3.8, 4) is 11.3 Å². The van der Waals surface area contributed by atoms with Crippen molar-refractivity contribution in [3.63, 3.8) is 0 Å². The van der Waals surface area contributed by atoms with E-state index >= 15 is 0 Å². The number of carbonyl (C=O) groups is 1. The minimum atomic E-state index is 0.106. The van der Waals surface area contributed by atoms with Gasteiger partial charge in [-0.25, -0.2) is 0 Å². The predicted octanol–water partition coefficient (Wildman–Crippen LogP) is 2.78. The van der Waals surface area contributed by atoms with Crippen molar-refractivity contribution in [2.24, 2.45) is 7.05 Å². The lowest BCUT2D eigenvalue weighted by atomic mass is 9.86. The Kier molecular flexibility index (Phi) is 3.18. The molecule has 2 rings (SSSR count). The van der Waals surface area contributed by atoms with E-state index in [1.54, 1.807) is 7.05 Å². The molecule has 2 aromatic rings. The van der Waals surface area contributed by atoms with Gasteiger partial charge in [-0.2, -0.15) is 5.10 Å². The molecular formula is C15H19N3O. The number of nitrogen functional groups attached to an aromatic ring is 1. The monoisotopic (exact) mass is 257 g/mol. The van der Waals surface area contributed by atoms with Crippen LogP contribution >= 0.6 is 0 Å². The Balaban J connectivity index is 2.49. The van der Waals surface area contributed by atoms with Gasteiger partial charge in [-0.1, -0.05) is 45.0 Å². The van der Waals surface area contributed by atoms with Crippen molar-refractivity contribution >= 4 is 12.1 Å². The number of nitrogens with two attached hydrogens (primary N) is 1. The van der Waals surface area contributed by atoms with Crippen LogP contribution in [0.4, 0.5) is 5.82 Å². The van der Waals surface area contributed by atoms with Crippen LogP contribution in [0.5, 0.6) is 0 Å². The number of hydrogen-bond donors (Lipinski definition) is 1. The topological polar surface area (TPSA) is 60.9 Å². The summed E-state index contributed by atoms with van der Waals surface area (Å²) >= 11 is 0. The number of nitrogens with zero attached hydrogens (tertiary/aromatic N) is 2. The first kappa shape index (κ1) is 13.3. The molecule has 0 atom stereocenters. The number of rotatable bonds is 2. The zero-order chi connectivity index (χ0) is 14.2. The van der Waals surface area contributed by atoms with Gasteiger partial charge in [0.2, 0.25) is 0 Å². The van der Waals surface area contributed by atoms with Gasteiger partial charge in [-0.3, -0.25) is 9.48 Å². The second-order valence-electron chi connectivity index (χ2n) is 5.72. The zero-order valence-electron chi connectivity index (χ0n) is 11.8. The fourth-order valence-electron chi connectivity index (χ4n) is 2.01. The molecule has 19 heavy (non-hydrogen) atoms. The van der Waals surface area contributed by atoms with Gasteiger partial charge < -0.3 is 5.73 Å². The van der Waals surface area contributed by atoms with Gasteiger partial charge in [0.1, 0.15) is 11.5 Å². The minimum absolute atomic E-state index is 0.106. The van der Waals surface area contributed by atoms with Crippen LogP contribution < -0.4 is 5.73 Å². The number of aromatic nitrogens is 2. The Morgan fingerprint density at radius 1 is 1.21 bits per heavy atom. The average molecular weight is 257 g/mol. The molecule has 0 aliphatic heterocycles. The highest BCUT2D eigenvalue weighted by Gasteiger charge is 2.17. The van der Waals surface area contributed by atoms with Crippen molar-refractivity contribution in [3.05, 3.63) is 35.4 Å². The molecule has 0 unspecified atom stereocenters. The quantitative estimate of drug-likeness (QED) is 0.841. The Labute approximate surface area is 113 Å². The summed E-state index contributed by atoms with van der Waals surface area (Å²) < 4.78 is 1.52. The van der Waals surface area contributed by atoms with E-state index in [0.717, 1.165) is 11.8 Å². The van der Waals surface area contributed by atoms with E-state index in [4.69, 9.17) is 5.73 Å². The molecule has 0 fully saturated rings. The average Bonchev–Trinajstić information content (AvgIpc) is 2.64. The maximum atomic E-state index is 11.1. The van der Waals surface area contributed by atoms with Gasteiger partial charge >= 0.3 is 0 Å². The maximum absolute atomic E-state index is 11.1. The maximum Gasteiger partial charge on any atom is 0.156 e. The Hall–Kier alpha value is -2.10. The lowest BCUT2D eigenvalue weighted by Crippen LogP contribution is -2.10. The Morgan fingerprint density at radius 3 is 2.26 bits per heavy atom. The summed E-state index contributed by atoms with van der Waals surface area (Å²) in [5, 5.41) is 4.30. The van der Waals surface area contributed by atoms with Gasteiger partial charge in [0.15, 0.2) is 6.29 Å². The lowest BCUT2D eigenvalue weighted by Gasteiger charge is -2.18. The van der Waals surface area contributed by atoms with Crippen LogP contribution in [0, 0.1) is 0 Å². The molecule has 0 bridgehead atoms. The fraction of sp³-hybridized carbons (Fsp3) is 0.333. The standard InChI is InChI=1S/C15H19N3O/c1-15(2,3)11-7-5-10(6-8-11)13-12(9-19)14(16)18(4)17-13/h5-9H,16H2,1-4H3. The first-order chi connectivity index (χ1) is 8.84. The highest BCUT2D eigenvalue weighted by Crippen LogP contribution is 2.28. The molecule has 4 heteroatoms. The van der Waals surface area contributed by atoms with E-state index in [2.05, 4.69) is 38.0 Å². The molecule has 0 saturated heterocycles. The van der Waals surface area contributed by atoms with Gasteiger partial charge in [0, 0.05) is 12.6 Å². The first-order valence-electron chi connectivity index (χ1n) is 6.23. The van der Waals surface area contributed by atoms with Crippen LogP contribution in [0.1, 0.15) is 36.7 Å². The summed E-state index contributed by atoms with van der Waals surface area (Å²) in [7, 11) is 1.73. The number of anilines is 1. The molecule has 0 spiro atoms. The van der Waals surface area contributed by atoms with Crippen molar-refractivity contribution in [2.45, 2.75) is 26.2 Å². The van der Waals surface area contributed by atoms with Gasteiger partial charge in [0.25, 0.3) is 0 Å². The number of hydrogen-bond acceptors (Lipinski definition) is 3. The van der Waals surface area contributed by atoms with E-state index in [1.165, 1.54) is 10.2 Å². The van der Waals surface area contributed by atoms with Crippen LogP contribution in [0.2, 0.25) is 0 Å². The normalized spacial score (nSPS) is 11.6. The predicted molar refractivity (Wildman–Crippen MR) is 77.1 cm³/mol. The molecule has 100 valence electrons. The zero-order valence-corrected chi connectivity index (χ0v) is 11.8. The number of benzene rings is 1. The molecule has 0 saturated carbocycles. The molecule has 0 aliphatic carbocycles. The fourth-order valence-corrected chi connectivity index (χ4v) is 2.01. The molecular weight excluding hydrogens is 238 g/mol. The first-order valence-corrected chi connectivity index (χ1v) is 6.23. The van der Waals surface area contributed by atoms with E-state index in [0.29, 0.717) is 17.1 Å². The third kappa shape index (κ3) is 2.38. The Morgan fingerprint density at radius 2 is 1.79 bits per heavy atom. The molecule has 4 nitrogen and oxygen atoms in total. The molecule has 2 N–H and O–H groups in total. The highest BCUT2D eigenvalue weighted by molar-refractivity contribution is 5.91. The van der Waals surface area contributed by atoms with Crippen LogP contribution in [-0.4, -0.2) is 16.1 Å². The number of aryl methyl sites for hydroxylation is 1. The van der Waals surface area contributed by atoms with Crippen LogP contribution in [-0.2, 0) is 12.5 Å². The van der Waals surface area contributed by atoms with E-state index < -0.39 is 0 Å². The molecule has 0 radical (unpaired) electrons. The summed E-state index contributed by atoms with van der Waals surface area (Å²) in [5.41, 5.74) is 9.16. The third-order valence-electron chi connectivity index (χ3n) is 3.27. The van der Waals surface area contributed by atoms with Crippen LogP contribution in [0.25, 0.3) is 11.3 Å². The smallest absolute Gasteiger partial charge is 0.156 e. The van der Waals surface area contributed by atoms with Gasteiger partial charge in [0.05, 0.1) is 5.56 Å². The van der Waals surface area contributed by atoms with Crippen molar-refractivity contribution in [1.82, 2.24) is 9.78 Å². The van der Waals surface area contributed by atoms with Crippen molar-refractivity contribution in [1.29, 1.82) is 0 Å². The third-order valence-corrected chi connectivity index (χ3v) is 3.27. The summed E-state index contributed by atoms with van der Waals surface area (Å²) in [6.45, 7) is 6.49. The van der Waals surface area contributed by atoms with Crippen LogP contribution in [0.15, 0.2) is 24.3 Å². The second kappa shape index (κ2) is 4.53. The second-order valence-corrected chi connectivity index (χ2v) is 5.72. The molecule has 0 aliphatic rings. The summed E-state index contributed by atoms with van der Waals surface area (Å²) in [6.07, 6.45) is 0.759. The largest absolute Gasteiger partial charge is 0.383 e. The minimum Gasteiger partial charge on any atom is -0.383 e. The van der Waals surface area contributed by atoms with Gasteiger partial charge in [-0.15, -0.1) is 0 Å². The number of carbonyl (C=O) groups excluding carboxylic acids is 1. The van der Waals surface area contributed by atoms with E-state index in [-0.39, 0.29) is 5.41 Å². The van der Waals surface area contributed by atoms with Crippen molar-refractivity contribution < 1.29 is 4.79 Å². The SMILES string of the molecule is Cn1nc(-c2ccc(C(C)(C)C)cc2)c(C=O)c1N. The van der Waals surface area contributed by atoms with E-state index in [1.807, 2.05) is 12.1 Å². The van der Waals surface area contributed by atoms with Crippen LogP contribution in [0.3, 0.4) is 0 Å². The lowest BCUT2D eigenvalue weighted by molar-refractivity contribution is 0.112. The molecule has 1 heterocycles. The molecule has 0 amide bonds. The van der Waals surface area contributed by atoms with Crippen molar-refractivity contribution in [2.75, 3.05) is 5.73 Å². The molecule has 1 aromatic carbocycles. The van der Waals surface area contributed by atoms with E-state index in [9.17, 15) is 4.79 Å². The van der Waals surface area contributed by atoms with Gasteiger partial charge in [-0.05, 0) is 11.0 Å². The summed E-state index contributed by atoms with van der Waals surface area (Å²) in [5.74, 6) is 0.393. The summed E-state index contributed by atoms with van der Waals surface area (Å²) in [6, 6.07) is 8.09. The molecule has 1 aromatic heterocycles. The Bertz CT molecular complexity index is 604. The number of aldehydes is 1.